The van der Waals surface area contributed by atoms with Crippen LogP contribution in [0.25, 0.3) is 0 Å². The van der Waals surface area contributed by atoms with Gasteiger partial charge in [-0.3, -0.25) is 4.90 Å². The first-order valence-corrected chi connectivity index (χ1v) is 8.95. The predicted molar refractivity (Wildman–Crippen MR) is 101 cm³/mol. The number of hydrogen-bond donors (Lipinski definition) is 0. The summed E-state index contributed by atoms with van der Waals surface area (Å²) >= 11 is 0. The number of anilines is 1. The van der Waals surface area contributed by atoms with Crippen molar-refractivity contribution in [1.29, 1.82) is 0 Å². The van der Waals surface area contributed by atoms with Gasteiger partial charge in [0.25, 0.3) is 0 Å². The molecule has 3 rings (SSSR count). The quantitative estimate of drug-likeness (QED) is 0.765. The number of carbonyl (C=O) groups is 1. The number of ether oxygens (including phenoxy) is 1. The first-order valence-electron chi connectivity index (χ1n) is 8.95. The fourth-order valence-corrected chi connectivity index (χ4v) is 3.50. The van der Waals surface area contributed by atoms with Crippen molar-refractivity contribution in [2.45, 2.75) is 25.4 Å². The molecule has 1 heterocycles. The molecule has 1 aliphatic heterocycles. The third kappa shape index (κ3) is 4.41. The average Bonchev–Trinajstić information content (AvgIpc) is 2.69. The van der Waals surface area contributed by atoms with Crippen molar-refractivity contribution in [3.63, 3.8) is 0 Å². The Bertz CT molecular complexity index is 723. The minimum Gasteiger partial charge on any atom is -0.465 e. The summed E-state index contributed by atoms with van der Waals surface area (Å²) in [5.74, 6) is -0.499. The highest BCUT2D eigenvalue weighted by Crippen LogP contribution is 2.23. The second kappa shape index (κ2) is 8.32. The Morgan fingerprint density at radius 2 is 1.73 bits per heavy atom. The first kappa shape index (κ1) is 18.4. The number of nitrogens with zero attached hydrogens (tertiary/aromatic N) is 2. The van der Waals surface area contributed by atoms with Crippen LogP contribution in [0, 0.1) is 5.82 Å². The fourth-order valence-electron chi connectivity index (χ4n) is 3.50. The number of rotatable bonds is 5. The number of halogens is 1. The molecule has 0 aromatic heterocycles. The standard InChI is InChI=1S/C21H25FN2O2/c1-23(15-16-3-7-18(22)8-4-16)19-11-13-24(14-12-19)20-9-5-17(6-10-20)21(25)26-2/h3-10,19H,11-15H2,1-2H3. The van der Waals surface area contributed by atoms with Crippen molar-refractivity contribution in [1.82, 2.24) is 4.90 Å². The van der Waals surface area contributed by atoms with Gasteiger partial charge in [0.15, 0.2) is 0 Å². The van der Waals surface area contributed by atoms with Gasteiger partial charge in [-0.1, -0.05) is 12.1 Å². The molecule has 4 nitrogen and oxygen atoms in total. The smallest absolute Gasteiger partial charge is 0.337 e. The van der Waals surface area contributed by atoms with Gasteiger partial charge in [0.1, 0.15) is 5.82 Å². The highest BCUT2D eigenvalue weighted by atomic mass is 19.1. The monoisotopic (exact) mass is 356 g/mol. The number of esters is 1. The Morgan fingerprint density at radius 3 is 2.31 bits per heavy atom. The second-order valence-electron chi connectivity index (χ2n) is 6.80. The molecule has 0 N–H and O–H groups in total. The maximum atomic E-state index is 13.0. The number of carbonyl (C=O) groups excluding carboxylic acids is 1. The van der Waals surface area contributed by atoms with Crippen molar-refractivity contribution >= 4 is 11.7 Å². The van der Waals surface area contributed by atoms with Gasteiger partial charge in [-0.05, 0) is 61.9 Å². The molecule has 0 spiro atoms. The summed E-state index contributed by atoms with van der Waals surface area (Å²) in [6.07, 6.45) is 2.16. The Balaban J connectivity index is 1.53. The van der Waals surface area contributed by atoms with Crippen LogP contribution in [0.4, 0.5) is 10.1 Å². The van der Waals surface area contributed by atoms with Gasteiger partial charge in [-0.2, -0.15) is 0 Å². The van der Waals surface area contributed by atoms with Crippen LogP contribution < -0.4 is 4.90 Å². The molecule has 1 aliphatic rings. The molecule has 2 aromatic carbocycles. The van der Waals surface area contributed by atoms with Crippen LogP contribution in [0.3, 0.4) is 0 Å². The Labute approximate surface area is 154 Å². The normalized spacial score (nSPS) is 15.3. The summed E-state index contributed by atoms with van der Waals surface area (Å²) in [6.45, 7) is 2.80. The van der Waals surface area contributed by atoms with E-state index in [9.17, 15) is 9.18 Å². The van der Waals surface area contributed by atoms with Crippen LogP contribution in [0.1, 0.15) is 28.8 Å². The minimum atomic E-state index is -0.308. The maximum absolute atomic E-state index is 13.0. The van der Waals surface area contributed by atoms with E-state index >= 15 is 0 Å². The SMILES string of the molecule is COC(=O)c1ccc(N2CCC(N(C)Cc3ccc(F)cc3)CC2)cc1. The van der Waals surface area contributed by atoms with E-state index in [0.717, 1.165) is 43.7 Å². The lowest BCUT2D eigenvalue weighted by Crippen LogP contribution is -2.43. The number of benzene rings is 2. The van der Waals surface area contributed by atoms with Crippen LogP contribution in [-0.4, -0.2) is 44.2 Å². The molecule has 0 unspecified atom stereocenters. The molecule has 0 amide bonds. The lowest BCUT2D eigenvalue weighted by molar-refractivity contribution is 0.0601. The topological polar surface area (TPSA) is 32.8 Å². The Kier molecular flexibility index (Phi) is 5.89. The highest BCUT2D eigenvalue weighted by Gasteiger charge is 2.23. The zero-order valence-corrected chi connectivity index (χ0v) is 15.3. The molecule has 2 aromatic rings. The summed E-state index contributed by atoms with van der Waals surface area (Å²) in [7, 11) is 3.53. The minimum absolute atomic E-state index is 0.192. The predicted octanol–water partition coefficient (Wildman–Crippen LogP) is 3.71. The lowest BCUT2D eigenvalue weighted by atomic mass is 10.0. The van der Waals surface area contributed by atoms with E-state index in [1.165, 1.54) is 19.2 Å². The molecular weight excluding hydrogens is 331 g/mol. The van der Waals surface area contributed by atoms with Crippen molar-refractivity contribution in [2.75, 3.05) is 32.1 Å². The summed E-state index contributed by atoms with van der Waals surface area (Å²) < 4.78 is 17.8. The summed E-state index contributed by atoms with van der Waals surface area (Å²) in [4.78, 5) is 16.2. The van der Waals surface area contributed by atoms with E-state index in [1.54, 1.807) is 0 Å². The fraction of sp³-hybridized carbons (Fsp3) is 0.381. The van der Waals surface area contributed by atoms with Crippen molar-refractivity contribution in [2.24, 2.45) is 0 Å². The van der Waals surface area contributed by atoms with Gasteiger partial charge >= 0.3 is 5.97 Å². The van der Waals surface area contributed by atoms with Gasteiger partial charge in [0.05, 0.1) is 12.7 Å². The van der Waals surface area contributed by atoms with E-state index in [1.807, 2.05) is 36.4 Å². The molecule has 1 fully saturated rings. The average molecular weight is 356 g/mol. The maximum Gasteiger partial charge on any atom is 0.337 e. The van der Waals surface area contributed by atoms with E-state index < -0.39 is 0 Å². The van der Waals surface area contributed by atoms with Crippen LogP contribution in [0.15, 0.2) is 48.5 Å². The number of methoxy groups -OCH3 is 1. The van der Waals surface area contributed by atoms with Crippen molar-refractivity contribution in [3.8, 4) is 0 Å². The van der Waals surface area contributed by atoms with Gasteiger partial charge in [0.2, 0.25) is 0 Å². The molecule has 138 valence electrons. The second-order valence-corrected chi connectivity index (χ2v) is 6.80. The molecule has 0 saturated carbocycles. The van der Waals surface area contributed by atoms with Gasteiger partial charge in [-0.15, -0.1) is 0 Å². The molecular formula is C21H25FN2O2. The lowest BCUT2D eigenvalue weighted by Gasteiger charge is -2.38. The highest BCUT2D eigenvalue weighted by molar-refractivity contribution is 5.89. The van der Waals surface area contributed by atoms with E-state index in [2.05, 4.69) is 16.8 Å². The first-order chi connectivity index (χ1) is 12.6. The van der Waals surface area contributed by atoms with Crippen molar-refractivity contribution < 1.29 is 13.9 Å². The van der Waals surface area contributed by atoms with Gasteiger partial charge < -0.3 is 9.64 Å². The number of hydrogen-bond acceptors (Lipinski definition) is 4. The molecule has 0 bridgehead atoms. The molecule has 0 radical (unpaired) electrons. The summed E-state index contributed by atoms with van der Waals surface area (Å²) in [5, 5.41) is 0. The summed E-state index contributed by atoms with van der Waals surface area (Å²) in [6, 6.07) is 14.8. The van der Waals surface area contributed by atoms with Crippen LogP contribution in [-0.2, 0) is 11.3 Å². The zero-order valence-electron chi connectivity index (χ0n) is 15.3. The molecule has 1 saturated heterocycles. The molecule has 0 atom stereocenters. The van der Waals surface area contributed by atoms with E-state index in [0.29, 0.717) is 11.6 Å². The molecule has 5 heteroatoms. The molecule has 0 aliphatic carbocycles. The zero-order chi connectivity index (χ0) is 18.5. The largest absolute Gasteiger partial charge is 0.465 e. The van der Waals surface area contributed by atoms with Gasteiger partial charge in [-0.25, -0.2) is 9.18 Å². The van der Waals surface area contributed by atoms with Crippen LogP contribution in [0.5, 0.6) is 0 Å². The Hall–Kier alpha value is -2.40. The number of piperidine rings is 1. The van der Waals surface area contributed by atoms with Crippen LogP contribution in [0.2, 0.25) is 0 Å². The summed E-state index contributed by atoms with van der Waals surface area (Å²) in [5.41, 5.74) is 2.84. The van der Waals surface area contributed by atoms with Gasteiger partial charge in [0, 0.05) is 31.4 Å². The molecule has 26 heavy (non-hydrogen) atoms. The Morgan fingerprint density at radius 1 is 1.12 bits per heavy atom. The van der Waals surface area contributed by atoms with Crippen molar-refractivity contribution in [3.05, 3.63) is 65.5 Å². The third-order valence-corrected chi connectivity index (χ3v) is 5.09. The van der Waals surface area contributed by atoms with E-state index in [-0.39, 0.29) is 11.8 Å². The van der Waals surface area contributed by atoms with E-state index in [4.69, 9.17) is 4.74 Å². The van der Waals surface area contributed by atoms with Crippen LogP contribution >= 0.6 is 0 Å². The third-order valence-electron chi connectivity index (χ3n) is 5.09.